The van der Waals surface area contributed by atoms with E-state index in [9.17, 15) is 5.11 Å². The van der Waals surface area contributed by atoms with Crippen molar-refractivity contribution >= 4 is 29.9 Å². The van der Waals surface area contributed by atoms with E-state index in [2.05, 4.69) is 34.4 Å². The van der Waals surface area contributed by atoms with E-state index in [1.54, 1.807) is 6.92 Å². The van der Waals surface area contributed by atoms with E-state index in [1.807, 2.05) is 26.0 Å². The third kappa shape index (κ3) is 8.01. The molecule has 0 aliphatic carbocycles. The van der Waals surface area contributed by atoms with Gasteiger partial charge in [-0.05, 0) is 38.8 Å². The maximum absolute atomic E-state index is 10.8. The average Bonchev–Trinajstić information content (AvgIpc) is 3.17. The highest BCUT2D eigenvalue weighted by Gasteiger charge is 2.28. The average molecular weight is 536 g/mol. The number of ether oxygens (including phenoxy) is 1. The van der Waals surface area contributed by atoms with Gasteiger partial charge in [0.25, 0.3) is 0 Å². The van der Waals surface area contributed by atoms with E-state index in [4.69, 9.17) is 9.15 Å². The fourth-order valence-corrected chi connectivity index (χ4v) is 3.91. The molecule has 3 N–H and O–H groups in total. The zero-order valence-electron chi connectivity index (χ0n) is 19.2. The minimum absolute atomic E-state index is 0. The number of aryl methyl sites for hydroxylation is 1. The number of hydrogen-bond donors (Lipinski definition) is 3. The Bertz CT molecular complexity index is 626. The quantitative estimate of drug-likeness (QED) is 0.242. The van der Waals surface area contributed by atoms with Crippen molar-refractivity contribution < 1.29 is 14.3 Å². The summed E-state index contributed by atoms with van der Waals surface area (Å²) in [5.74, 6) is 2.67. The van der Waals surface area contributed by atoms with Gasteiger partial charge in [0.2, 0.25) is 0 Å². The van der Waals surface area contributed by atoms with Gasteiger partial charge in [-0.15, -0.1) is 24.0 Å². The third-order valence-corrected chi connectivity index (χ3v) is 5.75. The molecule has 0 aromatic carbocycles. The van der Waals surface area contributed by atoms with Crippen molar-refractivity contribution in [2.24, 2.45) is 10.9 Å². The summed E-state index contributed by atoms with van der Waals surface area (Å²) in [6, 6.07) is 4.11. The van der Waals surface area contributed by atoms with Gasteiger partial charge >= 0.3 is 0 Å². The largest absolute Gasteiger partial charge is 0.463 e. The number of halogens is 1. The summed E-state index contributed by atoms with van der Waals surface area (Å²) in [5, 5.41) is 17.6. The van der Waals surface area contributed by atoms with Crippen LogP contribution in [0.5, 0.6) is 0 Å². The number of furan rings is 1. The van der Waals surface area contributed by atoms with Crippen LogP contribution in [0, 0.1) is 12.8 Å². The summed E-state index contributed by atoms with van der Waals surface area (Å²) in [5.41, 5.74) is -1.14. The van der Waals surface area contributed by atoms with Crippen LogP contribution < -0.4 is 10.6 Å². The standard InChI is InChI=1S/C22H40N4O3.HI/c1-6-18(7-2)19(26-11-13-28-14-12-26)15-24-21(23-8-3)25-16-22(5,27)20-10-9-17(4)29-20;/h9-10,18-19,27H,6-8,11-16H2,1-5H3,(H2,23,24,25);1H. The number of aliphatic imine (C=N–C) groups is 1. The molecule has 1 fully saturated rings. The second-order valence-corrected chi connectivity index (χ2v) is 8.05. The van der Waals surface area contributed by atoms with Gasteiger partial charge in [0.1, 0.15) is 17.1 Å². The van der Waals surface area contributed by atoms with Crippen molar-refractivity contribution in [2.75, 3.05) is 45.9 Å². The molecule has 1 aliphatic heterocycles. The molecule has 1 aromatic rings. The summed E-state index contributed by atoms with van der Waals surface area (Å²) in [7, 11) is 0. The van der Waals surface area contributed by atoms with Crippen LogP contribution in [0.2, 0.25) is 0 Å². The molecule has 0 bridgehead atoms. The first-order valence-electron chi connectivity index (χ1n) is 11.0. The van der Waals surface area contributed by atoms with E-state index in [1.165, 1.54) is 0 Å². The van der Waals surface area contributed by atoms with E-state index in [0.717, 1.165) is 64.0 Å². The van der Waals surface area contributed by atoms with Crippen LogP contribution in [0.15, 0.2) is 21.5 Å². The van der Waals surface area contributed by atoms with Crippen molar-refractivity contribution in [2.45, 2.75) is 59.1 Å². The van der Waals surface area contributed by atoms with Gasteiger partial charge in [0.05, 0.1) is 19.8 Å². The van der Waals surface area contributed by atoms with Crippen LogP contribution >= 0.6 is 24.0 Å². The molecule has 7 nitrogen and oxygen atoms in total. The maximum Gasteiger partial charge on any atom is 0.191 e. The highest BCUT2D eigenvalue weighted by atomic mass is 127. The SMILES string of the molecule is CCNC(=NCC(C)(O)c1ccc(C)o1)NCC(C(CC)CC)N1CCOCC1.I. The Kier molecular flexibility index (Phi) is 12.3. The second kappa shape index (κ2) is 13.5. The Hall–Kier alpha value is -0.840. The molecular formula is C22H41IN4O3. The second-order valence-electron chi connectivity index (χ2n) is 8.05. The van der Waals surface area contributed by atoms with Crippen molar-refractivity contribution in [1.82, 2.24) is 15.5 Å². The lowest BCUT2D eigenvalue weighted by molar-refractivity contribution is 0.00269. The first kappa shape index (κ1) is 27.2. The number of hydrogen-bond acceptors (Lipinski definition) is 5. The molecule has 1 aliphatic rings. The van der Waals surface area contributed by atoms with Gasteiger partial charge in [-0.25, -0.2) is 4.99 Å². The summed E-state index contributed by atoms with van der Waals surface area (Å²) < 4.78 is 11.1. The molecule has 0 spiro atoms. The molecule has 2 atom stereocenters. The molecule has 1 saturated heterocycles. The van der Waals surface area contributed by atoms with Crippen LogP contribution in [-0.2, 0) is 10.3 Å². The van der Waals surface area contributed by atoms with Crippen LogP contribution in [0.4, 0.5) is 0 Å². The number of aliphatic hydroxyl groups is 1. The van der Waals surface area contributed by atoms with Gasteiger partial charge in [0.15, 0.2) is 5.96 Å². The monoisotopic (exact) mass is 536 g/mol. The van der Waals surface area contributed by atoms with Gasteiger partial charge in [-0.2, -0.15) is 0 Å². The smallest absolute Gasteiger partial charge is 0.191 e. The van der Waals surface area contributed by atoms with Crippen molar-refractivity contribution in [3.05, 3.63) is 23.7 Å². The van der Waals surface area contributed by atoms with Crippen molar-refractivity contribution in [3.8, 4) is 0 Å². The highest BCUT2D eigenvalue weighted by Crippen LogP contribution is 2.23. The minimum atomic E-state index is -1.14. The van der Waals surface area contributed by atoms with Gasteiger partial charge in [0, 0.05) is 32.2 Å². The van der Waals surface area contributed by atoms with E-state index in [-0.39, 0.29) is 30.5 Å². The van der Waals surface area contributed by atoms with E-state index >= 15 is 0 Å². The van der Waals surface area contributed by atoms with Gasteiger partial charge in [-0.3, -0.25) is 4.90 Å². The summed E-state index contributed by atoms with van der Waals surface area (Å²) >= 11 is 0. The van der Waals surface area contributed by atoms with Crippen LogP contribution in [0.1, 0.15) is 52.1 Å². The topological polar surface area (TPSA) is 82.3 Å². The van der Waals surface area contributed by atoms with Gasteiger partial charge in [-0.1, -0.05) is 26.7 Å². The first-order chi connectivity index (χ1) is 13.9. The summed E-state index contributed by atoms with van der Waals surface area (Å²) in [6.07, 6.45) is 2.31. The van der Waals surface area contributed by atoms with Crippen LogP contribution in [0.25, 0.3) is 0 Å². The Morgan fingerprint density at radius 1 is 1.20 bits per heavy atom. The lowest BCUT2D eigenvalue weighted by Gasteiger charge is -2.39. The Balaban J connectivity index is 0.00000450. The number of guanidine groups is 1. The van der Waals surface area contributed by atoms with Crippen LogP contribution in [-0.4, -0.2) is 67.9 Å². The Morgan fingerprint density at radius 3 is 2.40 bits per heavy atom. The predicted molar refractivity (Wildman–Crippen MR) is 133 cm³/mol. The lowest BCUT2D eigenvalue weighted by Crippen LogP contribution is -2.53. The molecule has 8 heteroatoms. The zero-order chi connectivity index (χ0) is 21.3. The third-order valence-electron chi connectivity index (χ3n) is 5.75. The summed E-state index contributed by atoms with van der Waals surface area (Å²) in [4.78, 5) is 7.18. The van der Waals surface area contributed by atoms with Crippen molar-refractivity contribution in [1.29, 1.82) is 0 Å². The summed E-state index contributed by atoms with van der Waals surface area (Å²) in [6.45, 7) is 15.6. The van der Waals surface area contributed by atoms with Crippen LogP contribution in [0.3, 0.4) is 0 Å². The molecule has 174 valence electrons. The van der Waals surface area contributed by atoms with Gasteiger partial charge < -0.3 is 24.9 Å². The molecule has 0 radical (unpaired) electrons. The molecule has 0 amide bonds. The predicted octanol–water partition coefficient (Wildman–Crippen LogP) is 3.11. The zero-order valence-corrected chi connectivity index (χ0v) is 21.6. The highest BCUT2D eigenvalue weighted by molar-refractivity contribution is 14.0. The minimum Gasteiger partial charge on any atom is -0.463 e. The Labute approximate surface area is 199 Å². The molecular weight excluding hydrogens is 495 g/mol. The first-order valence-corrected chi connectivity index (χ1v) is 11.0. The van der Waals surface area contributed by atoms with E-state index < -0.39 is 5.60 Å². The fourth-order valence-electron chi connectivity index (χ4n) is 3.91. The number of nitrogens with one attached hydrogen (secondary N) is 2. The van der Waals surface area contributed by atoms with E-state index in [0.29, 0.717) is 17.7 Å². The normalized spacial score (nSPS) is 18.6. The molecule has 30 heavy (non-hydrogen) atoms. The van der Waals surface area contributed by atoms with Crippen molar-refractivity contribution in [3.63, 3.8) is 0 Å². The maximum atomic E-state index is 10.8. The number of rotatable bonds is 10. The molecule has 2 heterocycles. The Morgan fingerprint density at radius 2 is 1.87 bits per heavy atom. The number of morpholine rings is 1. The fraction of sp³-hybridized carbons (Fsp3) is 0.773. The molecule has 2 rings (SSSR count). The molecule has 1 aromatic heterocycles. The molecule has 2 unspecified atom stereocenters. The molecule has 0 saturated carbocycles. The lowest BCUT2D eigenvalue weighted by atomic mass is 9.92. The number of nitrogens with zero attached hydrogens (tertiary/aromatic N) is 2.